The van der Waals surface area contributed by atoms with Gasteiger partial charge in [0.2, 0.25) is 5.95 Å². The first-order chi connectivity index (χ1) is 11.8. The molecule has 0 bridgehead atoms. The zero-order valence-electron chi connectivity index (χ0n) is 13.7. The minimum Gasteiger partial charge on any atom is -0.391 e. The minimum absolute atomic E-state index is 0.258. The molecule has 2 aromatic rings. The van der Waals surface area contributed by atoms with Crippen molar-refractivity contribution in [1.29, 1.82) is 0 Å². The largest absolute Gasteiger partial charge is 0.391 e. The van der Waals surface area contributed by atoms with Crippen molar-refractivity contribution in [3.05, 3.63) is 27.8 Å². The molecule has 6 nitrogen and oxygen atoms in total. The van der Waals surface area contributed by atoms with E-state index in [4.69, 9.17) is 4.98 Å². The number of β-amino-alcohol motifs (C(OH)–C–C–N with tert-alkyl or cyclic N) is 1. The number of fused-ring (bicyclic) bond motifs is 1. The number of anilines is 2. The van der Waals surface area contributed by atoms with E-state index in [1.54, 1.807) is 6.20 Å². The summed E-state index contributed by atoms with van der Waals surface area (Å²) in [6.07, 6.45) is 8.24. The summed E-state index contributed by atoms with van der Waals surface area (Å²) in [6.45, 7) is 2.26. The SMILES string of the molecule is OC1CCCN(c2ccnc(NCc3nc4c(s3)CCCC4)n2)C1. The molecule has 7 heteroatoms. The van der Waals surface area contributed by atoms with Crippen LogP contribution in [-0.2, 0) is 19.4 Å². The Kier molecular flexibility index (Phi) is 4.62. The average Bonchev–Trinajstić information content (AvgIpc) is 3.03. The highest BCUT2D eigenvalue weighted by Crippen LogP contribution is 2.27. The summed E-state index contributed by atoms with van der Waals surface area (Å²) in [5.74, 6) is 1.51. The molecule has 2 aromatic heterocycles. The maximum absolute atomic E-state index is 9.83. The van der Waals surface area contributed by atoms with E-state index < -0.39 is 0 Å². The molecule has 0 amide bonds. The van der Waals surface area contributed by atoms with E-state index in [1.807, 2.05) is 17.4 Å². The van der Waals surface area contributed by atoms with Crippen LogP contribution in [0.25, 0.3) is 0 Å². The maximum Gasteiger partial charge on any atom is 0.224 e. The Bertz CT molecular complexity index is 681. The van der Waals surface area contributed by atoms with Crippen LogP contribution in [0.4, 0.5) is 11.8 Å². The van der Waals surface area contributed by atoms with Gasteiger partial charge in [0.05, 0.1) is 18.3 Å². The summed E-state index contributed by atoms with van der Waals surface area (Å²) in [5.41, 5.74) is 1.29. The van der Waals surface area contributed by atoms with Crippen LogP contribution in [0.15, 0.2) is 12.3 Å². The van der Waals surface area contributed by atoms with Crippen molar-refractivity contribution in [2.45, 2.75) is 51.2 Å². The van der Waals surface area contributed by atoms with Crippen LogP contribution in [0, 0.1) is 0 Å². The quantitative estimate of drug-likeness (QED) is 0.886. The Labute approximate surface area is 146 Å². The summed E-state index contributed by atoms with van der Waals surface area (Å²) in [4.78, 5) is 17.2. The molecular weight excluding hydrogens is 322 g/mol. The number of thiazole rings is 1. The molecule has 0 spiro atoms. The number of hydrogen-bond acceptors (Lipinski definition) is 7. The van der Waals surface area contributed by atoms with E-state index in [-0.39, 0.29) is 6.10 Å². The van der Waals surface area contributed by atoms with Gasteiger partial charge in [-0.3, -0.25) is 0 Å². The van der Waals surface area contributed by atoms with Gasteiger partial charge in [0.25, 0.3) is 0 Å². The van der Waals surface area contributed by atoms with Crippen LogP contribution in [0.1, 0.15) is 41.3 Å². The fourth-order valence-corrected chi connectivity index (χ4v) is 4.51. The summed E-state index contributed by atoms with van der Waals surface area (Å²) >= 11 is 1.81. The van der Waals surface area contributed by atoms with Gasteiger partial charge in [-0.25, -0.2) is 9.97 Å². The van der Waals surface area contributed by atoms with Crippen LogP contribution < -0.4 is 10.2 Å². The van der Waals surface area contributed by atoms with Crippen LogP contribution in [0.3, 0.4) is 0 Å². The molecule has 1 fully saturated rings. The molecule has 0 radical (unpaired) electrons. The van der Waals surface area contributed by atoms with Crippen LogP contribution in [-0.4, -0.2) is 39.3 Å². The topological polar surface area (TPSA) is 74.2 Å². The van der Waals surface area contributed by atoms with Gasteiger partial charge in [-0.05, 0) is 44.6 Å². The van der Waals surface area contributed by atoms with Gasteiger partial charge < -0.3 is 15.3 Å². The van der Waals surface area contributed by atoms with Crippen molar-refractivity contribution in [3.63, 3.8) is 0 Å². The molecule has 1 saturated heterocycles. The number of rotatable bonds is 4. The highest BCUT2D eigenvalue weighted by Gasteiger charge is 2.19. The highest BCUT2D eigenvalue weighted by atomic mass is 32.1. The fraction of sp³-hybridized carbons (Fsp3) is 0.588. The van der Waals surface area contributed by atoms with Crippen molar-refractivity contribution in [1.82, 2.24) is 15.0 Å². The van der Waals surface area contributed by atoms with E-state index in [9.17, 15) is 5.11 Å². The summed E-state index contributed by atoms with van der Waals surface area (Å²) < 4.78 is 0. The second-order valence-electron chi connectivity index (χ2n) is 6.52. The molecule has 2 aliphatic rings. The van der Waals surface area contributed by atoms with E-state index in [0.717, 1.165) is 36.6 Å². The minimum atomic E-state index is -0.258. The Morgan fingerprint density at radius 1 is 1.25 bits per heavy atom. The molecular formula is C17H23N5OS. The van der Waals surface area contributed by atoms with Crippen molar-refractivity contribution < 1.29 is 5.11 Å². The molecule has 1 aliphatic heterocycles. The maximum atomic E-state index is 9.83. The number of aromatic nitrogens is 3. The van der Waals surface area contributed by atoms with Crippen LogP contribution in [0.2, 0.25) is 0 Å². The lowest BCUT2D eigenvalue weighted by Gasteiger charge is -2.31. The molecule has 24 heavy (non-hydrogen) atoms. The van der Waals surface area contributed by atoms with Gasteiger partial charge >= 0.3 is 0 Å². The lowest BCUT2D eigenvalue weighted by atomic mass is 10.0. The zero-order chi connectivity index (χ0) is 16.4. The first-order valence-electron chi connectivity index (χ1n) is 8.75. The number of aliphatic hydroxyl groups is 1. The van der Waals surface area contributed by atoms with Crippen molar-refractivity contribution in [2.75, 3.05) is 23.3 Å². The van der Waals surface area contributed by atoms with Crippen molar-refractivity contribution >= 4 is 23.1 Å². The van der Waals surface area contributed by atoms with E-state index >= 15 is 0 Å². The molecule has 1 atom stereocenters. The summed E-state index contributed by atoms with van der Waals surface area (Å²) in [6, 6.07) is 1.91. The van der Waals surface area contributed by atoms with Crippen molar-refractivity contribution in [3.8, 4) is 0 Å². The first kappa shape index (κ1) is 15.8. The monoisotopic (exact) mass is 345 g/mol. The number of aryl methyl sites for hydroxylation is 2. The zero-order valence-corrected chi connectivity index (χ0v) is 14.6. The predicted octanol–water partition coefficient (Wildman–Crippen LogP) is 2.39. The fourth-order valence-electron chi connectivity index (χ4n) is 3.41. The molecule has 1 aliphatic carbocycles. The molecule has 0 saturated carbocycles. The van der Waals surface area contributed by atoms with Crippen LogP contribution >= 0.6 is 11.3 Å². The predicted molar refractivity (Wildman–Crippen MR) is 95.6 cm³/mol. The number of nitrogens with zero attached hydrogens (tertiary/aromatic N) is 4. The molecule has 2 N–H and O–H groups in total. The first-order valence-corrected chi connectivity index (χ1v) is 9.57. The van der Waals surface area contributed by atoms with Gasteiger partial charge in [0.15, 0.2) is 0 Å². The van der Waals surface area contributed by atoms with E-state index in [1.165, 1.54) is 29.8 Å². The lowest BCUT2D eigenvalue weighted by molar-refractivity contribution is 0.154. The third-order valence-corrected chi connectivity index (χ3v) is 5.81. The van der Waals surface area contributed by atoms with Crippen molar-refractivity contribution in [2.24, 2.45) is 0 Å². The third-order valence-electron chi connectivity index (χ3n) is 4.65. The number of nitrogens with one attached hydrogen (secondary N) is 1. The Balaban J connectivity index is 1.41. The highest BCUT2D eigenvalue weighted by molar-refractivity contribution is 7.11. The van der Waals surface area contributed by atoms with Crippen LogP contribution in [0.5, 0.6) is 0 Å². The second kappa shape index (κ2) is 7.03. The molecule has 4 rings (SSSR count). The lowest BCUT2D eigenvalue weighted by Crippen LogP contribution is -2.38. The normalized spacial score (nSPS) is 20.7. The van der Waals surface area contributed by atoms with E-state index in [0.29, 0.717) is 19.0 Å². The number of piperidine rings is 1. The number of aliphatic hydroxyl groups excluding tert-OH is 1. The Morgan fingerprint density at radius 2 is 2.17 bits per heavy atom. The Hall–Kier alpha value is -1.73. The van der Waals surface area contributed by atoms with Gasteiger partial charge in [0, 0.05) is 24.2 Å². The third kappa shape index (κ3) is 3.52. The molecule has 1 unspecified atom stereocenters. The van der Waals surface area contributed by atoms with Gasteiger partial charge in [-0.1, -0.05) is 0 Å². The smallest absolute Gasteiger partial charge is 0.224 e. The standard InChI is InChI=1S/C17H23N5OS/c23-12-4-3-9-22(11-12)15-7-8-18-17(21-15)19-10-16-20-13-5-1-2-6-14(13)24-16/h7-8,12,23H,1-6,9-11H2,(H,18,19,21). The summed E-state index contributed by atoms with van der Waals surface area (Å²) in [7, 11) is 0. The molecule has 0 aromatic carbocycles. The van der Waals surface area contributed by atoms with E-state index in [2.05, 4.69) is 20.2 Å². The molecule has 3 heterocycles. The summed E-state index contributed by atoms with van der Waals surface area (Å²) in [5, 5.41) is 14.2. The Morgan fingerprint density at radius 3 is 3.04 bits per heavy atom. The van der Waals surface area contributed by atoms with Gasteiger partial charge in [0.1, 0.15) is 10.8 Å². The van der Waals surface area contributed by atoms with Gasteiger partial charge in [-0.2, -0.15) is 4.98 Å². The molecule has 128 valence electrons. The second-order valence-corrected chi connectivity index (χ2v) is 7.69. The van der Waals surface area contributed by atoms with Gasteiger partial charge in [-0.15, -0.1) is 11.3 Å². The number of hydrogen-bond donors (Lipinski definition) is 2. The average molecular weight is 345 g/mol.